The molecule has 0 atom stereocenters. The van der Waals surface area contributed by atoms with Crippen LogP contribution in [0.1, 0.15) is 41.9 Å². The van der Waals surface area contributed by atoms with Crippen molar-refractivity contribution in [3.63, 3.8) is 0 Å². The highest BCUT2D eigenvalue weighted by Gasteiger charge is 2.25. The maximum absolute atomic E-state index is 13.6. The summed E-state index contributed by atoms with van der Waals surface area (Å²) < 4.78 is 19.4. The molecule has 0 spiro atoms. The molecular weight excluding hydrogens is 391 g/mol. The van der Waals surface area contributed by atoms with E-state index in [4.69, 9.17) is 21.3 Å². The van der Waals surface area contributed by atoms with Gasteiger partial charge in [0, 0.05) is 55.5 Å². The molecule has 0 amide bonds. The molecular formula is C22H22ClFN4O. The van der Waals surface area contributed by atoms with Crippen LogP contribution in [0.25, 0.3) is 5.03 Å². The average Bonchev–Trinajstić information content (AvgIpc) is 2.76. The number of benzene rings is 1. The minimum Gasteiger partial charge on any atom is -0.488 e. The first-order valence-electron chi connectivity index (χ1n) is 10.1. The van der Waals surface area contributed by atoms with Gasteiger partial charge in [-0.15, -0.1) is 0 Å². The standard InChI is InChI=1S/C22H22ClFN4O/c23-21-15(13-29-20-5-4-16(24)9-17(20)21)12-28-8-6-18-14(11-28)10-26-22(27-18)19-3-1-2-7-25-19/h4-5,9-10H,1-3,6-8,11-13H2. The minimum atomic E-state index is -0.311. The largest absolute Gasteiger partial charge is 0.488 e. The molecule has 150 valence electrons. The Morgan fingerprint density at radius 3 is 3.00 bits per heavy atom. The van der Waals surface area contributed by atoms with Crippen LogP contribution in [0.4, 0.5) is 4.39 Å². The van der Waals surface area contributed by atoms with Gasteiger partial charge in [0.2, 0.25) is 0 Å². The van der Waals surface area contributed by atoms with Gasteiger partial charge >= 0.3 is 0 Å². The molecule has 1 aromatic heterocycles. The number of aromatic nitrogens is 2. The van der Waals surface area contributed by atoms with Crippen LogP contribution in [0.2, 0.25) is 0 Å². The molecule has 29 heavy (non-hydrogen) atoms. The van der Waals surface area contributed by atoms with Crippen LogP contribution >= 0.6 is 11.6 Å². The van der Waals surface area contributed by atoms with Gasteiger partial charge < -0.3 is 4.74 Å². The molecule has 0 saturated heterocycles. The summed E-state index contributed by atoms with van der Waals surface area (Å²) in [7, 11) is 0. The summed E-state index contributed by atoms with van der Waals surface area (Å²) in [6, 6.07) is 4.46. The summed E-state index contributed by atoms with van der Waals surface area (Å²) in [5.41, 5.74) is 4.92. The van der Waals surface area contributed by atoms with Gasteiger partial charge in [0.05, 0.1) is 16.4 Å². The first-order valence-corrected chi connectivity index (χ1v) is 10.5. The SMILES string of the molecule is Fc1ccc2c(c1)C(Cl)=C(CN1CCc3nc(C4=NCCCC4)ncc3C1)CO2. The molecule has 3 aliphatic rings. The highest BCUT2D eigenvalue weighted by atomic mass is 35.5. The van der Waals surface area contributed by atoms with Crippen LogP contribution in [0, 0.1) is 5.82 Å². The van der Waals surface area contributed by atoms with E-state index in [1.807, 2.05) is 6.20 Å². The lowest BCUT2D eigenvalue weighted by Gasteiger charge is -2.30. The fourth-order valence-corrected chi connectivity index (χ4v) is 4.39. The van der Waals surface area contributed by atoms with E-state index in [0.717, 1.165) is 73.7 Å². The predicted molar refractivity (Wildman–Crippen MR) is 111 cm³/mol. The molecule has 0 unspecified atom stereocenters. The third kappa shape index (κ3) is 3.79. The monoisotopic (exact) mass is 412 g/mol. The maximum atomic E-state index is 13.6. The minimum absolute atomic E-state index is 0.311. The number of rotatable bonds is 3. The topological polar surface area (TPSA) is 50.6 Å². The van der Waals surface area contributed by atoms with Crippen molar-refractivity contribution in [2.45, 2.75) is 32.2 Å². The van der Waals surface area contributed by atoms with E-state index >= 15 is 0 Å². The van der Waals surface area contributed by atoms with Crippen LogP contribution in [-0.2, 0) is 13.0 Å². The van der Waals surface area contributed by atoms with Crippen molar-refractivity contribution in [2.24, 2.45) is 4.99 Å². The molecule has 3 aliphatic heterocycles. The molecule has 0 aliphatic carbocycles. The Balaban J connectivity index is 1.33. The Morgan fingerprint density at radius 2 is 2.14 bits per heavy atom. The zero-order chi connectivity index (χ0) is 19.8. The number of fused-ring (bicyclic) bond motifs is 2. The highest BCUT2D eigenvalue weighted by Crippen LogP contribution is 2.36. The smallest absolute Gasteiger partial charge is 0.173 e. The van der Waals surface area contributed by atoms with E-state index in [1.54, 1.807) is 6.07 Å². The van der Waals surface area contributed by atoms with Gasteiger partial charge in [-0.05, 0) is 37.5 Å². The van der Waals surface area contributed by atoms with Gasteiger partial charge in [-0.25, -0.2) is 14.4 Å². The third-order valence-corrected chi connectivity index (χ3v) is 6.17. The molecule has 0 bridgehead atoms. The van der Waals surface area contributed by atoms with Crippen molar-refractivity contribution in [1.29, 1.82) is 0 Å². The Labute approximate surface area is 174 Å². The molecule has 4 heterocycles. The van der Waals surface area contributed by atoms with Crippen LogP contribution in [-0.4, -0.2) is 46.8 Å². The summed E-state index contributed by atoms with van der Waals surface area (Å²) in [4.78, 5) is 16.3. The van der Waals surface area contributed by atoms with Crippen molar-refractivity contribution in [3.05, 3.63) is 58.4 Å². The number of hydrogen-bond acceptors (Lipinski definition) is 5. The molecule has 5 nitrogen and oxygen atoms in total. The van der Waals surface area contributed by atoms with Gasteiger partial charge in [-0.2, -0.15) is 0 Å². The van der Waals surface area contributed by atoms with Crippen LogP contribution in [0.15, 0.2) is 35.0 Å². The zero-order valence-corrected chi connectivity index (χ0v) is 16.9. The molecule has 2 aromatic rings. The van der Waals surface area contributed by atoms with Crippen LogP contribution in [0.5, 0.6) is 5.75 Å². The normalized spacial score (nSPS) is 19.3. The van der Waals surface area contributed by atoms with E-state index in [2.05, 4.69) is 14.9 Å². The van der Waals surface area contributed by atoms with E-state index < -0.39 is 0 Å². The Hall–Kier alpha value is -2.31. The lowest BCUT2D eigenvalue weighted by Crippen LogP contribution is -2.34. The molecule has 5 rings (SSSR count). The molecule has 0 radical (unpaired) electrons. The van der Waals surface area contributed by atoms with E-state index in [1.165, 1.54) is 12.1 Å². The Kier molecular flexibility index (Phi) is 5.06. The first-order chi connectivity index (χ1) is 14.2. The fraction of sp³-hybridized carbons (Fsp3) is 0.409. The summed E-state index contributed by atoms with van der Waals surface area (Å²) in [5.74, 6) is 1.12. The quantitative estimate of drug-likeness (QED) is 0.764. The number of halogens is 2. The van der Waals surface area contributed by atoms with Gasteiger partial charge in [-0.1, -0.05) is 11.6 Å². The lowest BCUT2D eigenvalue weighted by molar-refractivity contribution is 0.254. The number of nitrogens with zero attached hydrogens (tertiary/aromatic N) is 4. The van der Waals surface area contributed by atoms with Crippen molar-refractivity contribution in [2.75, 3.05) is 26.2 Å². The molecule has 7 heteroatoms. The van der Waals surface area contributed by atoms with Crippen molar-refractivity contribution in [1.82, 2.24) is 14.9 Å². The first kappa shape index (κ1) is 18.7. The van der Waals surface area contributed by atoms with Crippen LogP contribution in [0.3, 0.4) is 0 Å². The van der Waals surface area contributed by atoms with E-state index in [-0.39, 0.29) is 5.82 Å². The highest BCUT2D eigenvalue weighted by molar-refractivity contribution is 6.49. The van der Waals surface area contributed by atoms with Crippen molar-refractivity contribution in [3.8, 4) is 5.75 Å². The number of ether oxygens (including phenoxy) is 1. The second-order valence-electron chi connectivity index (χ2n) is 7.76. The van der Waals surface area contributed by atoms with Gasteiger partial charge in [0.15, 0.2) is 5.82 Å². The average molecular weight is 413 g/mol. The van der Waals surface area contributed by atoms with Gasteiger partial charge in [0.1, 0.15) is 18.2 Å². The third-order valence-electron chi connectivity index (χ3n) is 5.70. The van der Waals surface area contributed by atoms with Crippen LogP contribution < -0.4 is 4.74 Å². The van der Waals surface area contributed by atoms with Crippen molar-refractivity contribution >= 4 is 22.3 Å². The van der Waals surface area contributed by atoms with E-state index in [0.29, 0.717) is 29.5 Å². The molecule has 1 aromatic carbocycles. The second-order valence-corrected chi connectivity index (χ2v) is 8.14. The Bertz CT molecular complexity index is 1020. The summed E-state index contributed by atoms with van der Waals surface area (Å²) >= 11 is 6.58. The number of aliphatic imine (C=N–C) groups is 1. The second kappa shape index (κ2) is 7.84. The number of hydrogen-bond donors (Lipinski definition) is 0. The lowest BCUT2D eigenvalue weighted by atomic mass is 10.0. The Morgan fingerprint density at radius 1 is 1.21 bits per heavy atom. The summed E-state index contributed by atoms with van der Waals surface area (Å²) in [6.45, 7) is 3.65. The van der Waals surface area contributed by atoms with E-state index in [9.17, 15) is 4.39 Å². The summed E-state index contributed by atoms with van der Waals surface area (Å²) in [5, 5.41) is 0.596. The van der Waals surface area contributed by atoms with Crippen molar-refractivity contribution < 1.29 is 9.13 Å². The maximum Gasteiger partial charge on any atom is 0.173 e. The molecule has 0 fully saturated rings. The fourth-order valence-electron chi connectivity index (χ4n) is 4.13. The predicted octanol–water partition coefficient (Wildman–Crippen LogP) is 3.99. The van der Waals surface area contributed by atoms with Gasteiger partial charge in [0.25, 0.3) is 0 Å². The molecule has 0 saturated carbocycles. The molecule has 0 N–H and O–H groups in total. The summed E-state index contributed by atoms with van der Waals surface area (Å²) in [6.07, 6.45) is 6.11. The van der Waals surface area contributed by atoms with Gasteiger partial charge in [-0.3, -0.25) is 9.89 Å². The zero-order valence-electron chi connectivity index (χ0n) is 16.1.